The van der Waals surface area contributed by atoms with E-state index in [0.29, 0.717) is 18.9 Å². The second kappa shape index (κ2) is 11.0. The van der Waals surface area contributed by atoms with Gasteiger partial charge < -0.3 is 9.64 Å². The van der Waals surface area contributed by atoms with Crippen molar-refractivity contribution in [3.8, 4) is 5.75 Å². The first-order valence-electron chi connectivity index (χ1n) is 11.4. The van der Waals surface area contributed by atoms with Crippen LogP contribution in [-0.2, 0) is 6.54 Å². The topological polar surface area (TPSA) is 83.5 Å². The molecule has 0 aromatic carbocycles. The molecule has 8 heteroatoms. The first kappa shape index (κ1) is 21.5. The third kappa shape index (κ3) is 6.62. The number of amides is 2. The van der Waals surface area contributed by atoms with Crippen molar-refractivity contribution in [2.75, 3.05) is 38.1 Å². The van der Waals surface area contributed by atoms with Crippen molar-refractivity contribution in [2.45, 2.75) is 45.1 Å². The molecule has 2 aromatic rings. The number of hydrogen-bond donors (Lipinski definition) is 1. The zero-order valence-corrected chi connectivity index (χ0v) is 18.1. The Labute approximate surface area is 184 Å². The van der Waals surface area contributed by atoms with Crippen LogP contribution in [0.3, 0.4) is 0 Å². The molecule has 166 valence electrons. The average molecular weight is 425 g/mol. The molecule has 1 N–H and O–H groups in total. The summed E-state index contributed by atoms with van der Waals surface area (Å²) in [5.41, 5.74) is 1.03. The summed E-state index contributed by atoms with van der Waals surface area (Å²) < 4.78 is 5.91. The second-order valence-corrected chi connectivity index (χ2v) is 8.43. The van der Waals surface area contributed by atoms with Gasteiger partial charge >= 0.3 is 6.03 Å². The van der Waals surface area contributed by atoms with Crippen LogP contribution < -0.4 is 10.1 Å². The van der Waals surface area contributed by atoms with E-state index >= 15 is 0 Å². The molecule has 1 aliphatic carbocycles. The fraction of sp³-hybridized carbons (Fsp3) is 0.565. The highest BCUT2D eigenvalue weighted by Crippen LogP contribution is 2.26. The van der Waals surface area contributed by atoms with E-state index in [9.17, 15) is 4.79 Å². The lowest BCUT2D eigenvalue weighted by molar-refractivity contribution is 0.142. The van der Waals surface area contributed by atoms with Crippen LogP contribution in [0.2, 0.25) is 0 Å². The maximum absolute atomic E-state index is 12.4. The Hall–Kier alpha value is -2.74. The van der Waals surface area contributed by atoms with Crippen LogP contribution in [0.25, 0.3) is 0 Å². The SMILES string of the molecule is O=C(Nc1cccnn1)N1CCN(Cc2ccc(OCCC3CCCCC3)cn2)CC1. The molecule has 2 aliphatic rings. The molecular weight excluding hydrogens is 392 g/mol. The molecule has 4 rings (SSSR count). The van der Waals surface area contributed by atoms with Gasteiger partial charge in [-0.3, -0.25) is 15.2 Å². The van der Waals surface area contributed by atoms with Gasteiger partial charge in [-0.15, -0.1) is 5.10 Å². The molecule has 0 unspecified atom stereocenters. The van der Waals surface area contributed by atoms with Gasteiger partial charge in [-0.05, 0) is 36.6 Å². The van der Waals surface area contributed by atoms with Crippen molar-refractivity contribution in [2.24, 2.45) is 5.92 Å². The molecule has 1 saturated heterocycles. The van der Waals surface area contributed by atoms with Crippen molar-refractivity contribution >= 4 is 11.8 Å². The van der Waals surface area contributed by atoms with Crippen molar-refractivity contribution < 1.29 is 9.53 Å². The van der Waals surface area contributed by atoms with Gasteiger partial charge in [-0.2, -0.15) is 5.10 Å². The number of nitrogens with zero attached hydrogens (tertiary/aromatic N) is 5. The van der Waals surface area contributed by atoms with Crippen LogP contribution in [-0.4, -0.2) is 63.8 Å². The third-order valence-electron chi connectivity index (χ3n) is 6.17. The van der Waals surface area contributed by atoms with Crippen LogP contribution in [0.4, 0.5) is 10.6 Å². The molecule has 31 heavy (non-hydrogen) atoms. The van der Waals surface area contributed by atoms with Crippen LogP contribution in [0.5, 0.6) is 5.75 Å². The van der Waals surface area contributed by atoms with Gasteiger partial charge in [0.1, 0.15) is 5.75 Å². The van der Waals surface area contributed by atoms with Gasteiger partial charge in [0.25, 0.3) is 0 Å². The highest BCUT2D eigenvalue weighted by molar-refractivity contribution is 5.88. The van der Waals surface area contributed by atoms with Gasteiger partial charge in [0.2, 0.25) is 0 Å². The summed E-state index contributed by atoms with van der Waals surface area (Å²) in [5, 5.41) is 10.5. The Bertz CT molecular complexity index is 803. The zero-order valence-electron chi connectivity index (χ0n) is 18.1. The number of carbonyl (C=O) groups excluding carboxylic acids is 1. The van der Waals surface area contributed by atoms with Gasteiger partial charge in [0.05, 0.1) is 18.5 Å². The van der Waals surface area contributed by atoms with E-state index in [0.717, 1.165) is 50.0 Å². The predicted molar refractivity (Wildman–Crippen MR) is 119 cm³/mol. The van der Waals surface area contributed by atoms with E-state index < -0.39 is 0 Å². The zero-order chi connectivity index (χ0) is 21.3. The Morgan fingerprint density at radius 2 is 1.94 bits per heavy atom. The molecule has 0 radical (unpaired) electrons. The smallest absolute Gasteiger partial charge is 0.323 e. The van der Waals surface area contributed by atoms with Crippen molar-refractivity contribution in [3.63, 3.8) is 0 Å². The predicted octanol–water partition coefficient (Wildman–Crippen LogP) is 3.57. The fourth-order valence-electron chi connectivity index (χ4n) is 4.30. The average Bonchev–Trinajstić information content (AvgIpc) is 2.82. The summed E-state index contributed by atoms with van der Waals surface area (Å²) in [6.07, 6.45) is 11.4. The number of piperazine rings is 1. The van der Waals surface area contributed by atoms with Gasteiger partial charge in [0.15, 0.2) is 5.82 Å². The molecule has 2 aromatic heterocycles. The third-order valence-corrected chi connectivity index (χ3v) is 6.17. The van der Waals surface area contributed by atoms with Gasteiger partial charge in [0, 0.05) is 38.9 Å². The Morgan fingerprint density at radius 3 is 2.65 bits per heavy atom. The summed E-state index contributed by atoms with van der Waals surface area (Å²) >= 11 is 0. The minimum atomic E-state index is -0.131. The molecule has 2 amide bonds. The molecule has 1 aliphatic heterocycles. The normalized spacial score (nSPS) is 18.0. The lowest BCUT2D eigenvalue weighted by Crippen LogP contribution is -2.49. The first-order valence-corrected chi connectivity index (χ1v) is 11.4. The minimum absolute atomic E-state index is 0.131. The van der Waals surface area contributed by atoms with Crippen LogP contribution in [0.1, 0.15) is 44.2 Å². The first-order chi connectivity index (χ1) is 15.3. The Morgan fingerprint density at radius 1 is 1.10 bits per heavy atom. The Kier molecular flexibility index (Phi) is 7.65. The Balaban J connectivity index is 1.16. The van der Waals surface area contributed by atoms with E-state index in [1.807, 2.05) is 23.2 Å². The number of aromatic nitrogens is 3. The van der Waals surface area contributed by atoms with Gasteiger partial charge in [-0.25, -0.2) is 4.79 Å². The number of carbonyl (C=O) groups is 1. The summed E-state index contributed by atoms with van der Waals surface area (Å²) in [7, 11) is 0. The van der Waals surface area contributed by atoms with Crippen LogP contribution >= 0.6 is 0 Å². The molecule has 3 heterocycles. The molecule has 0 spiro atoms. The van der Waals surface area contributed by atoms with Crippen molar-refractivity contribution in [3.05, 3.63) is 42.4 Å². The largest absolute Gasteiger partial charge is 0.492 e. The molecule has 8 nitrogen and oxygen atoms in total. The standard InChI is InChI=1S/C23H32N6O2/c30-23(26-22-7-4-11-25-27-22)29-14-12-28(13-15-29)18-20-8-9-21(17-24-20)31-16-10-19-5-2-1-3-6-19/h4,7-9,11,17,19H,1-3,5-6,10,12-16,18H2,(H,26,27,30). The van der Waals surface area contributed by atoms with E-state index in [2.05, 4.69) is 25.4 Å². The number of rotatable bonds is 7. The fourth-order valence-corrected chi connectivity index (χ4v) is 4.30. The molecule has 0 bridgehead atoms. The molecular formula is C23H32N6O2. The number of nitrogens with one attached hydrogen (secondary N) is 1. The number of urea groups is 1. The maximum atomic E-state index is 12.4. The minimum Gasteiger partial charge on any atom is -0.492 e. The van der Waals surface area contributed by atoms with E-state index in [-0.39, 0.29) is 6.03 Å². The summed E-state index contributed by atoms with van der Waals surface area (Å²) in [4.78, 5) is 21.1. The maximum Gasteiger partial charge on any atom is 0.323 e. The summed E-state index contributed by atoms with van der Waals surface area (Å²) in [6.45, 7) is 4.54. The van der Waals surface area contributed by atoms with Crippen LogP contribution in [0, 0.1) is 5.92 Å². The van der Waals surface area contributed by atoms with Crippen LogP contribution in [0.15, 0.2) is 36.7 Å². The second-order valence-electron chi connectivity index (χ2n) is 8.43. The highest BCUT2D eigenvalue weighted by Gasteiger charge is 2.21. The quantitative estimate of drug-likeness (QED) is 0.732. The number of pyridine rings is 1. The van der Waals surface area contributed by atoms with E-state index in [1.54, 1.807) is 18.3 Å². The highest BCUT2D eigenvalue weighted by atomic mass is 16.5. The van der Waals surface area contributed by atoms with Gasteiger partial charge in [-0.1, -0.05) is 32.1 Å². The molecule has 1 saturated carbocycles. The van der Waals surface area contributed by atoms with E-state index in [1.165, 1.54) is 32.1 Å². The number of hydrogen-bond acceptors (Lipinski definition) is 6. The lowest BCUT2D eigenvalue weighted by atomic mass is 9.87. The monoisotopic (exact) mass is 424 g/mol. The van der Waals surface area contributed by atoms with E-state index in [4.69, 9.17) is 4.74 Å². The number of anilines is 1. The molecule has 2 fully saturated rings. The van der Waals surface area contributed by atoms with Crippen molar-refractivity contribution in [1.82, 2.24) is 25.0 Å². The summed E-state index contributed by atoms with van der Waals surface area (Å²) in [6, 6.07) is 7.42. The summed E-state index contributed by atoms with van der Waals surface area (Å²) in [5.74, 6) is 2.16. The van der Waals surface area contributed by atoms with Crippen molar-refractivity contribution in [1.29, 1.82) is 0 Å². The molecule has 0 atom stereocenters. The lowest BCUT2D eigenvalue weighted by Gasteiger charge is -2.34. The number of ether oxygens (including phenoxy) is 1.